The third-order valence-corrected chi connectivity index (χ3v) is 2.74. The number of nitrogens with one attached hydrogen (secondary N) is 3. The Labute approximate surface area is 114 Å². The number of allylic oxidation sites excluding steroid dienone is 4. The molecule has 4 heteroatoms. The number of hydrazine groups is 1. The number of benzene rings is 1. The number of hydrogen-bond donors (Lipinski definition) is 3. The van der Waals surface area contributed by atoms with Crippen LogP contribution in [0.4, 0.5) is 5.69 Å². The molecule has 1 aromatic carbocycles. The average Bonchev–Trinajstić information content (AvgIpc) is 2.44. The number of hydrogen-bond acceptors (Lipinski definition) is 3. The first-order valence-corrected chi connectivity index (χ1v) is 6.26. The fourth-order valence-electron chi connectivity index (χ4n) is 1.37. The fraction of sp³-hybridized carbons (Fsp3) is 0.267. The number of anilines is 1. The van der Waals surface area contributed by atoms with E-state index in [2.05, 4.69) is 16.2 Å². The highest BCUT2D eigenvalue weighted by Gasteiger charge is 2.10. The Morgan fingerprint density at radius 1 is 1.00 bits per heavy atom. The predicted molar refractivity (Wildman–Crippen MR) is 79.5 cm³/mol. The van der Waals surface area contributed by atoms with E-state index in [1.807, 2.05) is 58.0 Å². The summed E-state index contributed by atoms with van der Waals surface area (Å²) in [5.41, 5.74) is 8.78. The largest absolute Gasteiger partial charge is 0.359 e. The molecule has 0 saturated carbocycles. The van der Waals surface area contributed by atoms with Crippen LogP contribution in [0.15, 0.2) is 47.8 Å². The maximum Gasteiger partial charge on any atom is 0.271 e. The van der Waals surface area contributed by atoms with Crippen molar-refractivity contribution in [3.05, 3.63) is 53.4 Å². The normalized spacial score (nSPS) is 12.0. The first-order chi connectivity index (χ1) is 9.08. The van der Waals surface area contributed by atoms with Gasteiger partial charge in [0.05, 0.1) is 11.3 Å². The number of amides is 1. The molecule has 1 amide bonds. The van der Waals surface area contributed by atoms with Gasteiger partial charge in [-0.15, -0.1) is 0 Å². The molecule has 0 heterocycles. The van der Waals surface area contributed by atoms with Crippen LogP contribution in [0.1, 0.15) is 38.1 Å². The molecule has 102 valence electrons. The van der Waals surface area contributed by atoms with Crippen LogP contribution in [-0.4, -0.2) is 5.91 Å². The maximum atomic E-state index is 12.1. The van der Waals surface area contributed by atoms with Gasteiger partial charge in [0.1, 0.15) is 0 Å². The Kier molecular flexibility index (Phi) is 5.67. The monoisotopic (exact) mass is 259 g/mol. The van der Waals surface area contributed by atoms with E-state index in [-0.39, 0.29) is 5.91 Å². The van der Waals surface area contributed by atoms with E-state index in [0.717, 1.165) is 17.1 Å². The molecule has 1 rings (SSSR count). The number of rotatable bonds is 5. The second-order valence-electron chi connectivity index (χ2n) is 4.19. The number of para-hydroxylation sites is 1. The van der Waals surface area contributed by atoms with Crippen molar-refractivity contribution in [1.29, 1.82) is 0 Å². The Balaban J connectivity index is 2.85. The predicted octanol–water partition coefficient (Wildman–Crippen LogP) is 3.18. The van der Waals surface area contributed by atoms with Crippen molar-refractivity contribution in [2.75, 3.05) is 5.32 Å². The molecule has 0 saturated heterocycles. The number of carbonyl (C=O) groups excluding carboxylic acids is 1. The lowest BCUT2D eigenvalue weighted by molar-refractivity contribution is 0.0939. The highest BCUT2D eigenvalue weighted by Crippen LogP contribution is 2.16. The molecular formula is C15H21N3O. The van der Waals surface area contributed by atoms with Crippen LogP contribution in [0, 0.1) is 0 Å². The van der Waals surface area contributed by atoms with Gasteiger partial charge in [-0.2, -0.15) is 0 Å². The summed E-state index contributed by atoms with van der Waals surface area (Å²) in [5.74, 6) is -0.173. The van der Waals surface area contributed by atoms with Crippen LogP contribution in [0.2, 0.25) is 0 Å². The quantitative estimate of drug-likeness (QED) is 0.712. The SMILES string of the molecule is C/C=C(/C)Nc1ccccc1C(=O)NN/C(C)=C/C. The van der Waals surface area contributed by atoms with Crippen molar-refractivity contribution in [3.63, 3.8) is 0 Å². The fourth-order valence-corrected chi connectivity index (χ4v) is 1.37. The lowest BCUT2D eigenvalue weighted by Gasteiger charge is -2.13. The summed E-state index contributed by atoms with van der Waals surface area (Å²) in [6.45, 7) is 7.69. The van der Waals surface area contributed by atoms with Crippen LogP contribution < -0.4 is 16.2 Å². The van der Waals surface area contributed by atoms with Crippen LogP contribution in [0.25, 0.3) is 0 Å². The summed E-state index contributed by atoms with van der Waals surface area (Å²) in [4.78, 5) is 12.1. The Morgan fingerprint density at radius 3 is 2.26 bits per heavy atom. The summed E-state index contributed by atoms with van der Waals surface area (Å²) < 4.78 is 0. The Bertz CT molecular complexity index is 504. The third kappa shape index (κ3) is 4.50. The second-order valence-corrected chi connectivity index (χ2v) is 4.19. The molecule has 0 spiro atoms. The molecule has 0 bridgehead atoms. The third-order valence-electron chi connectivity index (χ3n) is 2.74. The molecule has 0 radical (unpaired) electrons. The van der Waals surface area contributed by atoms with E-state index in [0.29, 0.717) is 5.56 Å². The molecule has 3 N–H and O–H groups in total. The Hall–Kier alpha value is -2.23. The molecule has 0 aliphatic rings. The first-order valence-electron chi connectivity index (χ1n) is 6.26. The van der Waals surface area contributed by atoms with Crippen molar-refractivity contribution in [2.24, 2.45) is 0 Å². The zero-order valence-corrected chi connectivity index (χ0v) is 11.9. The van der Waals surface area contributed by atoms with Gasteiger partial charge in [-0.05, 0) is 39.8 Å². The van der Waals surface area contributed by atoms with Gasteiger partial charge in [0, 0.05) is 11.4 Å². The Morgan fingerprint density at radius 2 is 1.63 bits per heavy atom. The van der Waals surface area contributed by atoms with Crippen LogP contribution >= 0.6 is 0 Å². The molecule has 19 heavy (non-hydrogen) atoms. The highest BCUT2D eigenvalue weighted by atomic mass is 16.2. The zero-order chi connectivity index (χ0) is 14.3. The standard InChI is InChI=1S/C15H21N3O/c1-5-11(3)16-14-10-8-7-9-13(14)15(19)18-17-12(4)6-2/h5-10,16-17H,1-4H3,(H,18,19)/b11-5-,12-6+. The van der Waals surface area contributed by atoms with E-state index in [1.165, 1.54) is 0 Å². The van der Waals surface area contributed by atoms with Gasteiger partial charge in [0.15, 0.2) is 0 Å². The van der Waals surface area contributed by atoms with Gasteiger partial charge < -0.3 is 10.7 Å². The van der Waals surface area contributed by atoms with Crippen LogP contribution in [0.3, 0.4) is 0 Å². The summed E-state index contributed by atoms with van der Waals surface area (Å²) in [6, 6.07) is 7.40. The maximum absolute atomic E-state index is 12.1. The van der Waals surface area contributed by atoms with E-state index in [1.54, 1.807) is 6.07 Å². The summed E-state index contributed by atoms with van der Waals surface area (Å²) >= 11 is 0. The van der Waals surface area contributed by atoms with Gasteiger partial charge in [0.25, 0.3) is 5.91 Å². The second kappa shape index (κ2) is 7.26. The van der Waals surface area contributed by atoms with Gasteiger partial charge in [0.2, 0.25) is 0 Å². The first kappa shape index (κ1) is 14.8. The molecule has 0 unspecified atom stereocenters. The van der Waals surface area contributed by atoms with Crippen LogP contribution in [0.5, 0.6) is 0 Å². The number of carbonyl (C=O) groups is 1. The van der Waals surface area contributed by atoms with Gasteiger partial charge in [-0.1, -0.05) is 24.3 Å². The van der Waals surface area contributed by atoms with Crippen molar-refractivity contribution in [1.82, 2.24) is 10.9 Å². The summed E-state index contributed by atoms with van der Waals surface area (Å²) in [7, 11) is 0. The van der Waals surface area contributed by atoms with Crippen molar-refractivity contribution < 1.29 is 4.79 Å². The molecule has 0 aliphatic carbocycles. The van der Waals surface area contributed by atoms with Gasteiger partial charge in [-0.25, -0.2) is 0 Å². The highest BCUT2D eigenvalue weighted by molar-refractivity contribution is 5.99. The molecule has 4 nitrogen and oxygen atoms in total. The van der Waals surface area contributed by atoms with E-state index >= 15 is 0 Å². The smallest absolute Gasteiger partial charge is 0.271 e. The van der Waals surface area contributed by atoms with Crippen molar-refractivity contribution in [3.8, 4) is 0 Å². The van der Waals surface area contributed by atoms with Crippen molar-refractivity contribution in [2.45, 2.75) is 27.7 Å². The van der Waals surface area contributed by atoms with E-state index < -0.39 is 0 Å². The van der Waals surface area contributed by atoms with E-state index in [9.17, 15) is 4.79 Å². The lowest BCUT2D eigenvalue weighted by atomic mass is 10.1. The van der Waals surface area contributed by atoms with Crippen LogP contribution in [-0.2, 0) is 0 Å². The minimum absolute atomic E-state index is 0.173. The summed E-state index contributed by atoms with van der Waals surface area (Å²) in [6.07, 6.45) is 3.84. The molecule has 0 fully saturated rings. The molecule has 0 aliphatic heterocycles. The lowest BCUT2D eigenvalue weighted by Crippen LogP contribution is -2.36. The molecular weight excluding hydrogens is 238 g/mol. The average molecular weight is 259 g/mol. The van der Waals surface area contributed by atoms with Gasteiger partial charge >= 0.3 is 0 Å². The minimum Gasteiger partial charge on any atom is -0.359 e. The topological polar surface area (TPSA) is 53.2 Å². The van der Waals surface area contributed by atoms with Crippen molar-refractivity contribution >= 4 is 11.6 Å². The zero-order valence-electron chi connectivity index (χ0n) is 11.9. The summed E-state index contributed by atoms with van der Waals surface area (Å²) in [5, 5.41) is 3.20. The van der Waals surface area contributed by atoms with Gasteiger partial charge in [-0.3, -0.25) is 10.2 Å². The minimum atomic E-state index is -0.173. The van der Waals surface area contributed by atoms with E-state index in [4.69, 9.17) is 0 Å². The molecule has 1 aromatic rings. The molecule has 0 aromatic heterocycles. The molecule has 0 atom stereocenters.